The van der Waals surface area contributed by atoms with E-state index in [2.05, 4.69) is 0 Å². The Morgan fingerprint density at radius 3 is 2.29 bits per heavy atom. The molecular formula is C21H30FN3O5S. The fourth-order valence-corrected chi connectivity index (χ4v) is 5.36. The molecule has 8 nitrogen and oxygen atoms in total. The Kier molecular flexibility index (Phi) is 6.90. The van der Waals surface area contributed by atoms with E-state index in [9.17, 15) is 22.4 Å². The van der Waals surface area contributed by atoms with Crippen LogP contribution in [-0.2, 0) is 19.6 Å². The van der Waals surface area contributed by atoms with E-state index in [0.717, 1.165) is 6.07 Å². The lowest BCUT2D eigenvalue weighted by molar-refractivity contribution is -0.138. The molecule has 2 aliphatic heterocycles. The van der Waals surface area contributed by atoms with Gasteiger partial charge in [-0.25, -0.2) is 17.6 Å². The number of hydrogen-bond donors (Lipinski definition) is 0. The average molecular weight is 456 g/mol. The Morgan fingerprint density at radius 1 is 1.03 bits per heavy atom. The second kappa shape index (κ2) is 9.12. The van der Waals surface area contributed by atoms with Gasteiger partial charge in [0.05, 0.1) is 5.92 Å². The van der Waals surface area contributed by atoms with Gasteiger partial charge >= 0.3 is 6.09 Å². The van der Waals surface area contributed by atoms with Crippen LogP contribution in [0.1, 0.15) is 33.6 Å². The summed E-state index contributed by atoms with van der Waals surface area (Å²) in [6, 6.07) is 5.28. The maximum absolute atomic E-state index is 14.0. The van der Waals surface area contributed by atoms with Gasteiger partial charge in [-0.2, -0.15) is 4.31 Å². The van der Waals surface area contributed by atoms with Crippen LogP contribution in [0.5, 0.6) is 0 Å². The second-order valence-corrected chi connectivity index (χ2v) is 10.8. The highest BCUT2D eigenvalue weighted by atomic mass is 32.2. The first-order chi connectivity index (χ1) is 14.5. The van der Waals surface area contributed by atoms with Gasteiger partial charge in [-0.1, -0.05) is 12.1 Å². The number of amides is 2. The quantitative estimate of drug-likeness (QED) is 0.698. The van der Waals surface area contributed by atoms with Crippen molar-refractivity contribution in [1.29, 1.82) is 0 Å². The monoisotopic (exact) mass is 455 g/mol. The Bertz CT molecular complexity index is 923. The third-order valence-corrected chi connectivity index (χ3v) is 7.36. The molecule has 1 aromatic carbocycles. The summed E-state index contributed by atoms with van der Waals surface area (Å²) in [4.78, 5) is 28.2. The Hall–Kier alpha value is -2.20. The van der Waals surface area contributed by atoms with Gasteiger partial charge in [0.2, 0.25) is 15.9 Å². The first kappa shape index (κ1) is 23.5. The zero-order chi connectivity index (χ0) is 22.8. The number of piperazine rings is 1. The lowest BCUT2D eigenvalue weighted by Gasteiger charge is -2.38. The van der Waals surface area contributed by atoms with Crippen LogP contribution in [0.15, 0.2) is 29.2 Å². The molecule has 2 amide bonds. The molecule has 10 heteroatoms. The van der Waals surface area contributed by atoms with Gasteiger partial charge in [0.15, 0.2) is 0 Å². The highest BCUT2D eigenvalue weighted by molar-refractivity contribution is 7.89. The van der Waals surface area contributed by atoms with Gasteiger partial charge in [0.1, 0.15) is 16.3 Å². The predicted molar refractivity (Wildman–Crippen MR) is 112 cm³/mol. The second-order valence-electron chi connectivity index (χ2n) is 8.93. The van der Waals surface area contributed by atoms with Gasteiger partial charge in [-0.15, -0.1) is 0 Å². The minimum Gasteiger partial charge on any atom is -0.444 e. The van der Waals surface area contributed by atoms with Crippen molar-refractivity contribution in [3.05, 3.63) is 30.1 Å². The van der Waals surface area contributed by atoms with Crippen LogP contribution in [0, 0.1) is 11.7 Å². The molecule has 0 aromatic heterocycles. The number of likely N-dealkylation sites (tertiary alicyclic amines) is 1. The van der Waals surface area contributed by atoms with Crippen LogP contribution >= 0.6 is 0 Å². The maximum atomic E-state index is 14.0. The average Bonchev–Trinajstić information content (AvgIpc) is 2.72. The molecule has 2 fully saturated rings. The van der Waals surface area contributed by atoms with Gasteiger partial charge in [-0.05, 0) is 45.7 Å². The Labute approximate surface area is 183 Å². The summed E-state index contributed by atoms with van der Waals surface area (Å²) in [5.74, 6) is -1.21. The molecule has 2 saturated heterocycles. The lowest BCUT2D eigenvalue weighted by atomic mass is 9.96. The smallest absolute Gasteiger partial charge is 0.410 e. The number of sulfonamides is 1. The predicted octanol–water partition coefficient (Wildman–Crippen LogP) is 2.31. The van der Waals surface area contributed by atoms with Crippen molar-refractivity contribution in [2.45, 2.75) is 44.1 Å². The van der Waals surface area contributed by atoms with Gasteiger partial charge < -0.3 is 14.5 Å². The van der Waals surface area contributed by atoms with Crippen LogP contribution in [0.2, 0.25) is 0 Å². The van der Waals surface area contributed by atoms with E-state index in [1.165, 1.54) is 22.5 Å². The number of hydrogen-bond acceptors (Lipinski definition) is 5. The molecule has 2 aliphatic rings. The zero-order valence-corrected chi connectivity index (χ0v) is 19.0. The third-order valence-electron chi connectivity index (χ3n) is 5.43. The molecule has 0 bridgehead atoms. The van der Waals surface area contributed by atoms with E-state index in [-0.39, 0.29) is 42.9 Å². The van der Waals surface area contributed by atoms with E-state index in [1.54, 1.807) is 30.6 Å². The molecular weight excluding hydrogens is 425 g/mol. The summed E-state index contributed by atoms with van der Waals surface area (Å²) in [5.41, 5.74) is -0.603. The molecule has 172 valence electrons. The van der Waals surface area contributed by atoms with Gasteiger partial charge in [0, 0.05) is 39.3 Å². The van der Waals surface area contributed by atoms with Crippen molar-refractivity contribution >= 4 is 22.0 Å². The maximum Gasteiger partial charge on any atom is 0.410 e. The molecule has 1 aromatic rings. The van der Waals surface area contributed by atoms with E-state index in [1.807, 2.05) is 0 Å². The van der Waals surface area contributed by atoms with Crippen LogP contribution < -0.4 is 0 Å². The van der Waals surface area contributed by atoms with E-state index in [4.69, 9.17) is 4.74 Å². The molecule has 0 spiro atoms. The summed E-state index contributed by atoms with van der Waals surface area (Å²) in [6.07, 6.45) is 0.953. The molecule has 2 heterocycles. The first-order valence-corrected chi connectivity index (χ1v) is 11.9. The molecule has 1 atom stereocenters. The summed E-state index contributed by atoms with van der Waals surface area (Å²) < 4.78 is 46.1. The van der Waals surface area contributed by atoms with Gasteiger partial charge in [0.25, 0.3) is 0 Å². The fraction of sp³-hybridized carbons (Fsp3) is 0.619. The minimum atomic E-state index is -3.95. The number of halogens is 1. The molecule has 0 saturated carbocycles. The molecule has 0 unspecified atom stereocenters. The standard InChI is InChI=1S/C21H30FN3O5S/c1-21(2,3)30-20(27)24-10-6-7-16(15-24)19(26)23-11-13-25(14-12-23)31(28,29)18-9-5-4-8-17(18)22/h4-5,8-9,16H,6-7,10-15H2,1-3H3/t16-/m0/s1. The number of piperidine rings is 1. The minimum absolute atomic E-state index is 0.0869. The highest BCUT2D eigenvalue weighted by Gasteiger charge is 2.36. The molecule has 0 N–H and O–H groups in total. The Morgan fingerprint density at radius 2 is 1.68 bits per heavy atom. The van der Waals surface area contributed by atoms with E-state index < -0.39 is 27.5 Å². The largest absolute Gasteiger partial charge is 0.444 e. The molecule has 3 rings (SSSR count). The zero-order valence-electron chi connectivity index (χ0n) is 18.2. The van der Waals surface area contributed by atoms with Crippen molar-refractivity contribution in [2.75, 3.05) is 39.3 Å². The topological polar surface area (TPSA) is 87.2 Å². The SMILES string of the molecule is CC(C)(C)OC(=O)N1CCC[C@H](C(=O)N2CCN(S(=O)(=O)c3ccccc3F)CC2)C1. The lowest BCUT2D eigenvalue weighted by Crippen LogP contribution is -2.54. The van der Waals surface area contributed by atoms with Crippen LogP contribution in [-0.4, -0.2) is 79.4 Å². The van der Waals surface area contributed by atoms with Crippen LogP contribution in [0.3, 0.4) is 0 Å². The van der Waals surface area contributed by atoms with Crippen molar-refractivity contribution in [3.63, 3.8) is 0 Å². The first-order valence-electron chi connectivity index (χ1n) is 10.5. The van der Waals surface area contributed by atoms with Crippen LogP contribution in [0.4, 0.5) is 9.18 Å². The fourth-order valence-electron chi connectivity index (χ4n) is 3.87. The van der Waals surface area contributed by atoms with Crippen LogP contribution in [0.25, 0.3) is 0 Å². The Balaban J connectivity index is 1.59. The highest BCUT2D eigenvalue weighted by Crippen LogP contribution is 2.24. The summed E-state index contributed by atoms with van der Waals surface area (Å²) >= 11 is 0. The van der Waals surface area contributed by atoms with Crippen molar-refractivity contribution in [3.8, 4) is 0 Å². The molecule has 0 radical (unpaired) electrons. The normalized spacial score (nSPS) is 21.1. The number of carbonyl (C=O) groups is 2. The molecule has 31 heavy (non-hydrogen) atoms. The van der Waals surface area contributed by atoms with Gasteiger partial charge in [-0.3, -0.25) is 4.79 Å². The van der Waals surface area contributed by atoms with Crippen molar-refractivity contribution in [1.82, 2.24) is 14.1 Å². The number of ether oxygens (including phenoxy) is 1. The summed E-state index contributed by atoms with van der Waals surface area (Å²) in [5, 5.41) is 0. The third kappa shape index (κ3) is 5.54. The van der Waals surface area contributed by atoms with E-state index >= 15 is 0 Å². The van der Waals surface area contributed by atoms with E-state index in [0.29, 0.717) is 25.9 Å². The molecule has 0 aliphatic carbocycles. The van der Waals surface area contributed by atoms with Crippen molar-refractivity contribution < 1.29 is 27.1 Å². The number of benzene rings is 1. The number of rotatable bonds is 3. The summed E-state index contributed by atoms with van der Waals surface area (Å²) in [7, 11) is -3.95. The number of carbonyl (C=O) groups excluding carboxylic acids is 2. The number of nitrogens with zero attached hydrogens (tertiary/aromatic N) is 3. The van der Waals surface area contributed by atoms with Crippen molar-refractivity contribution in [2.24, 2.45) is 5.92 Å². The summed E-state index contributed by atoms with van der Waals surface area (Å²) in [6.45, 7) is 6.90.